The summed E-state index contributed by atoms with van der Waals surface area (Å²) in [4.78, 5) is 11.3. The Bertz CT molecular complexity index is 1230. The van der Waals surface area contributed by atoms with Crippen LogP contribution in [0.25, 0.3) is 0 Å². The van der Waals surface area contributed by atoms with Crippen molar-refractivity contribution in [3.05, 3.63) is 53.7 Å². The molecule has 1 aliphatic rings. The van der Waals surface area contributed by atoms with Crippen LogP contribution in [0.1, 0.15) is 12.8 Å². The minimum atomic E-state index is -2.50. The van der Waals surface area contributed by atoms with Crippen LogP contribution in [0.15, 0.2) is 48.7 Å². The molecule has 3 N–H and O–H groups in total. The maximum absolute atomic E-state index is 12.7. The van der Waals surface area contributed by atoms with E-state index >= 15 is 0 Å². The van der Waals surface area contributed by atoms with Crippen LogP contribution in [0, 0.1) is 0 Å². The summed E-state index contributed by atoms with van der Waals surface area (Å²) >= 11 is 6.38. The number of methoxy groups -OCH3 is 1. The van der Waals surface area contributed by atoms with Crippen molar-refractivity contribution in [2.75, 3.05) is 56.1 Å². The lowest BCUT2D eigenvalue weighted by Crippen LogP contribution is -2.41. The third kappa shape index (κ3) is 6.07. The number of benzene rings is 2. The molecule has 186 valence electrons. The van der Waals surface area contributed by atoms with Crippen LogP contribution in [-0.4, -0.2) is 56.6 Å². The molecule has 2 aromatic carbocycles. The van der Waals surface area contributed by atoms with Crippen molar-refractivity contribution in [2.24, 2.45) is 0 Å². The summed E-state index contributed by atoms with van der Waals surface area (Å²) in [6, 6.07) is 14.1. The number of anilines is 5. The quantitative estimate of drug-likeness (QED) is 0.359. The largest absolute Gasteiger partial charge is 0.494 e. The Morgan fingerprint density at radius 3 is 2.51 bits per heavy atom. The highest BCUT2D eigenvalue weighted by atomic mass is 35.5. The first-order valence-corrected chi connectivity index (χ1v) is 14.6. The molecule has 0 amide bonds. The molecule has 0 saturated carbocycles. The Morgan fingerprint density at radius 1 is 1.09 bits per heavy atom. The molecule has 2 heterocycles. The van der Waals surface area contributed by atoms with Gasteiger partial charge in [0.1, 0.15) is 17.9 Å². The molecule has 0 spiro atoms. The first-order chi connectivity index (χ1) is 16.8. The Hall–Kier alpha value is -2.80. The Balaban J connectivity index is 1.54. The number of para-hydroxylation sites is 1. The molecule has 0 aliphatic carbocycles. The van der Waals surface area contributed by atoms with Gasteiger partial charge in [0.25, 0.3) is 0 Å². The number of nitrogens with one attached hydrogen (secondary N) is 3. The molecule has 1 aromatic heterocycles. The molecule has 0 radical (unpaired) electrons. The van der Waals surface area contributed by atoms with E-state index in [1.165, 1.54) is 6.20 Å². The monoisotopic (exact) mass is 514 g/mol. The van der Waals surface area contributed by atoms with Gasteiger partial charge in [0.15, 0.2) is 5.82 Å². The van der Waals surface area contributed by atoms with Crippen molar-refractivity contribution in [3.8, 4) is 5.75 Å². The van der Waals surface area contributed by atoms with E-state index in [1.54, 1.807) is 20.4 Å². The van der Waals surface area contributed by atoms with Crippen LogP contribution in [-0.2, 0) is 4.57 Å². The van der Waals surface area contributed by atoms with Crippen LogP contribution < -0.4 is 30.9 Å². The summed E-state index contributed by atoms with van der Waals surface area (Å²) in [5.74, 6) is 1.49. The van der Waals surface area contributed by atoms with Crippen LogP contribution >= 0.6 is 18.7 Å². The van der Waals surface area contributed by atoms with Gasteiger partial charge in [-0.2, -0.15) is 4.98 Å². The zero-order valence-electron chi connectivity index (χ0n) is 20.5. The third-order valence-electron chi connectivity index (χ3n) is 6.18. The molecule has 0 bridgehead atoms. The van der Waals surface area contributed by atoms with E-state index in [0.717, 1.165) is 42.6 Å². The minimum Gasteiger partial charge on any atom is -0.494 e. The summed E-state index contributed by atoms with van der Waals surface area (Å²) in [6.45, 7) is 5.48. The lowest BCUT2D eigenvalue weighted by Gasteiger charge is -2.33. The average molecular weight is 515 g/mol. The number of hydrogen-bond acceptors (Lipinski definition) is 8. The number of rotatable bonds is 8. The zero-order chi connectivity index (χ0) is 25.0. The molecule has 35 heavy (non-hydrogen) atoms. The van der Waals surface area contributed by atoms with Crippen molar-refractivity contribution in [1.29, 1.82) is 0 Å². The summed E-state index contributed by atoms with van der Waals surface area (Å²) in [6.07, 6.45) is 3.76. The van der Waals surface area contributed by atoms with E-state index in [-0.39, 0.29) is 0 Å². The standard InChI is InChI=1S/C25H32ClN6O2P/c1-27-17-11-13-32(14-12-17)18-9-10-20(22(15-18)34-2)30-25-28-16-19(26)24(31-25)29-21-7-5-6-8-23(21)35(3,4)33/h5-10,15-17,27H,11-14H2,1-4H3,(H2,28,29,30,31). The second-order valence-corrected chi connectivity index (χ2v) is 12.5. The molecule has 10 heteroatoms. The van der Waals surface area contributed by atoms with Gasteiger partial charge in [0, 0.05) is 36.2 Å². The SMILES string of the molecule is CNC1CCN(c2ccc(Nc3ncc(Cl)c(Nc4ccccc4P(C)(C)=O)n3)c(OC)c2)CC1. The molecule has 1 saturated heterocycles. The fourth-order valence-electron chi connectivity index (χ4n) is 4.22. The average Bonchev–Trinajstić information content (AvgIpc) is 2.86. The predicted molar refractivity (Wildman–Crippen MR) is 146 cm³/mol. The van der Waals surface area contributed by atoms with Gasteiger partial charge in [-0.3, -0.25) is 0 Å². The van der Waals surface area contributed by atoms with Gasteiger partial charge < -0.3 is 30.2 Å². The maximum atomic E-state index is 12.7. The molecule has 8 nitrogen and oxygen atoms in total. The van der Waals surface area contributed by atoms with Gasteiger partial charge in [-0.1, -0.05) is 23.7 Å². The second-order valence-electron chi connectivity index (χ2n) is 8.94. The highest BCUT2D eigenvalue weighted by Crippen LogP contribution is 2.39. The molecule has 4 rings (SSSR count). The first-order valence-electron chi connectivity index (χ1n) is 11.6. The van der Waals surface area contributed by atoms with Gasteiger partial charge in [0.05, 0.1) is 24.7 Å². The summed E-state index contributed by atoms with van der Waals surface area (Å²) < 4.78 is 18.4. The number of nitrogens with zero attached hydrogens (tertiary/aromatic N) is 3. The third-order valence-corrected chi connectivity index (χ3v) is 8.01. The van der Waals surface area contributed by atoms with E-state index in [9.17, 15) is 4.57 Å². The number of hydrogen-bond donors (Lipinski definition) is 3. The number of piperidine rings is 1. The molecule has 0 unspecified atom stereocenters. The lowest BCUT2D eigenvalue weighted by atomic mass is 10.0. The van der Waals surface area contributed by atoms with Crippen molar-refractivity contribution >= 4 is 52.9 Å². The maximum Gasteiger partial charge on any atom is 0.229 e. The van der Waals surface area contributed by atoms with E-state index in [1.807, 2.05) is 43.4 Å². The van der Waals surface area contributed by atoms with Gasteiger partial charge in [0.2, 0.25) is 5.95 Å². The smallest absolute Gasteiger partial charge is 0.229 e. The Labute approximate surface area is 211 Å². The van der Waals surface area contributed by atoms with Crippen molar-refractivity contribution in [3.63, 3.8) is 0 Å². The fourth-order valence-corrected chi connectivity index (χ4v) is 5.51. The highest BCUT2D eigenvalue weighted by Gasteiger charge is 2.20. The van der Waals surface area contributed by atoms with Crippen molar-refractivity contribution in [1.82, 2.24) is 15.3 Å². The number of halogens is 1. The van der Waals surface area contributed by atoms with E-state index < -0.39 is 7.14 Å². The summed E-state index contributed by atoms with van der Waals surface area (Å²) in [5.41, 5.74) is 2.58. The summed E-state index contributed by atoms with van der Waals surface area (Å²) in [7, 11) is 1.18. The topological polar surface area (TPSA) is 91.4 Å². The molecule has 1 aliphatic heterocycles. The molecule has 1 fully saturated rings. The van der Waals surface area contributed by atoms with Gasteiger partial charge >= 0.3 is 0 Å². The molecular weight excluding hydrogens is 483 g/mol. The zero-order valence-corrected chi connectivity index (χ0v) is 22.2. The van der Waals surface area contributed by atoms with Gasteiger partial charge in [-0.05, 0) is 57.5 Å². The predicted octanol–water partition coefficient (Wildman–Crippen LogP) is 5.06. The van der Waals surface area contributed by atoms with Crippen LogP contribution in [0.3, 0.4) is 0 Å². The van der Waals surface area contributed by atoms with Gasteiger partial charge in [-0.15, -0.1) is 0 Å². The van der Waals surface area contributed by atoms with Crippen molar-refractivity contribution < 1.29 is 9.30 Å². The fraction of sp³-hybridized carbons (Fsp3) is 0.360. The molecule has 3 aromatic rings. The second kappa shape index (κ2) is 10.9. The van der Waals surface area contributed by atoms with Gasteiger partial charge in [-0.25, -0.2) is 4.98 Å². The van der Waals surface area contributed by atoms with Crippen molar-refractivity contribution in [2.45, 2.75) is 18.9 Å². The highest BCUT2D eigenvalue weighted by molar-refractivity contribution is 7.70. The summed E-state index contributed by atoms with van der Waals surface area (Å²) in [5, 5.41) is 10.9. The Kier molecular flexibility index (Phi) is 7.85. The lowest BCUT2D eigenvalue weighted by molar-refractivity contribution is 0.415. The Morgan fingerprint density at radius 2 is 1.83 bits per heavy atom. The van der Waals surface area contributed by atoms with E-state index in [2.05, 4.69) is 36.9 Å². The van der Waals surface area contributed by atoms with Crippen LogP contribution in [0.4, 0.5) is 28.8 Å². The number of aromatic nitrogens is 2. The van der Waals surface area contributed by atoms with E-state index in [4.69, 9.17) is 16.3 Å². The normalized spacial score (nSPS) is 14.6. The minimum absolute atomic E-state index is 0.361. The molecule has 0 atom stereocenters. The van der Waals surface area contributed by atoms with Crippen LogP contribution in [0.5, 0.6) is 5.75 Å². The molecular formula is C25H32ClN6O2P. The van der Waals surface area contributed by atoms with E-state index in [0.29, 0.717) is 34.3 Å². The first kappa shape index (κ1) is 25.3. The number of ether oxygens (including phenoxy) is 1. The van der Waals surface area contributed by atoms with Crippen LogP contribution in [0.2, 0.25) is 5.02 Å².